The average Bonchev–Trinajstić information content (AvgIpc) is 2.37. The molecule has 0 heterocycles. The van der Waals surface area contributed by atoms with Crippen molar-refractivity contribution < 1.29 is 8.42 Å². The first kappa shape index (κ1) is 17.0. The number of nitrogens with one attached hydrogen (secondary N) is 2. The van der Waals surface area contributed by atoms with Crippen LogP contribution in [0, 0.1) is 13.8 Å². The summed E-state index contributed by atoms with van der Waals surface area (Å²) in [6.07, 6.45) is 2.66. The predicted octanol–water partition coefficient (Wildman–Crippen LogP) is 2.82. The molecule has 114 valence electrons. The summed E-state index contributed by atoms with van der Waals surface area (Å²) in [5.41, 5.74) is 2.77. The van der Waals surface area contributed by atoms with Crippen molar-refractivity contribution in [2.45, 2.75) is 40.0 Å². The first-order valence-electron chi connectivity index (χ1n) is 7.23. The standard InChI is InChI=1S/C15H26N2O2S/c1-4-9-16-10-5-6-11-20(18,19)17-15-8-7-13(2)12-14(15)3/h7-8,12,16-17H,4-6,9-11H2,1-3H3. The molecule has 0 fully saturated rings. The zero-order valence-corrected chi connectivity index (χ0v) is 13.5. The van der Waals surface area contributed by atoms with Gasteiger partial charge < -0.3 is 5.32 Å². The van der Waals surface area contributed by atoms with Crippen LogP contribution in [0.3, 0.4) is 0 Å². The normalized spacial score (nSPS) is 11.6. The largest absolute Gasteiger partial charge is 0.317 e. The van der Waals surface area contributed by atoms with Gasteiger partial charge >= 0.3 is 0 Å². The van der Waals surface area contributed by atoms with Crippen LogP contribution < -0.4 is 10.0 Å². The van der Waals surface area contributed by atoms with Gasteiger partial charge in [-0.1, -0.05) is 24.6 Å². The van der Waals surface area contributed by atoms with Gasteiger partial charge in [-0.2, -0.15) is 0 Å². The fourth-order valence-electron chi connectivity index (χ4n) is 1.99. The van der Waals surface area contributed by atoms with E-state index in [9.17, 15) is 8.42 Å². The summed E-state index contributed by atoms with van der Waals surface area (Å²) < 4.78 is 26.7. The van der Waals surface area contributed by atoms with Crippen molar-refractivity contribution in [2.75, 3.05) is 23.6 Å². The van der Waals surface area contributed by atoms with E-state index >= 15 is 0 Å². The van der Waals surface area contributed by atoms with E-state index in [-0.39, 0.29) is 5.75 Å². The monoisotopic (exact) mass is 298 g/mol. The van der Waals surface area contributed by atoms with Crippen LogP contribution in [-0.2, 0) is 10.0 Å². The number of aryl methyl sites for hydroxylation is 2. The SMILES string of the molecule is CCCNCCCCS(=O)(=O)Nc1ccc(C)cc1C. The van der Waals surface area contributed by atoms with Crippen LogP contribution in [0.2, 0.25) is 0 Å². The van der Waals surface area contributed by atoms with Gasteiger partial charge in [-0.15, -0.1) is 0 Å². The molecular weight excluding hydrogens is 272 g/mol. The molecule has 0 aliphatic heterocycles. The highest BCUT2D eigenvalue weighted by molar-refractivity contribution is 7.92. The van der Waals surface area contributed by atoms with Crippen molar-refractivity contribution in [2.24, 2.45) is 0 Å². The number of anilines is 1. The van der Waals surface area contributed by atoms with Crippen LogP contribution in [0.4, 0.5) is 5.69 Å². The molecule has 0 unspecified atom stereocenters. The number of rotatable bonds is 9. The van der Waals surface area contributed by atoms with E-state index in [1.165, 1.54) is 0 Å². The number of hydrogen-bond donors (Lipinski definition) is 2. The molecule has 0 spiro atoms. The number of sulfonamides is 1. The topological polar surface area (TPSA) is 58.2 Å². The fraction of sp³-hybridized carbons (Fsp3) is 0.600. The van der Waals surface area contributed by atoms with Gasteiger partial charge in [-0.3, -0.25) is 4.72 Å². The van der Waals surface area contributed by atoms with Crippen LogP contribution >= 0.6 is 0 Å². The van der Waals surface area contributed by atoms with E-state index in [4.69, 9.17) is 0 Å². The van der Waals surface area contributed by atoms with Crippen LogP contribution in [0.5, 0.6) is 0 Å². The molecule has 5 heteroatoms. The maximum Gasteiger partial charge on any atom is 0.232 e. The third-order valence-corrected chi connectivity index (χ3v) is 4.45. The van der Waals surface area contributed by atoms with Gasteiger partial charge in [0.1, 0.15) is 0 Å². The molecule has 0 aliphatic carbocycles. The first-order valence-corrected chi connectivity index (χ1v) is 8.88. The summed E-state index contributed by atoms with van der Waals surface area (Å²) >= 11 is 0. The second-order valence-electron chi connectivity index (χ2n) is 5.20. The van der Waals surface area contributed by atoms with Crippen molar-refractivity contribution in [1.29, 1.82) is 0 Å². The predicted molar refractivity (Wildman–Crippen MR) is 85.7 cm³/mol. The Morgan fingerprint density at radius 3 is 2.50 bits per heavy atom. The number of hydrogen-bond acceptors (Lipinski definition) is 3. The van der Waals surface area contributed by atoms with Crippen molar-refractivity contribution in [3.63, 3.8) is 0 Å². The van der Waals surface area contributed by atoms with Gasteiger partial charge in [0.2, 0.25) is 10.0 Å². The van der Waals surface area contributed by atoms with Gasteiger partial charge in [0.25, 0.3) is 0 Å². The molecule has 4 nitrogen and oxygen atoms in total. The summed E-state index contributed by atoms with van der Waals surface area (Å²) in [4.78, 5) is 0. The fourth-order valence-corrected chi connectivity index (χ4v) is 3.24. The summed E-state index contributed by atoms with van der Waals surface area (Å²) in [7, 11) is -3.24. The lowest BCUT2D eigenvalue weighted by Crippen LogP contribution is -2.20. The summed E-state index contributed by atoms with van der Waals surface area (Å²) in [5.74, 6) is 0.175. The summed E-state index contributed by atoms with van der Waals surface area (Å²) in [6, 6.07) is 5.72. The van der Waals surface area contributed by atoms with E-state index in [0.29, 0.717) is 12.1 Å². The highest BCUT2D eigenvalue weighted by Gasteiger charge is 2.11. The number of unbranched alkanes of at least 4 members (excludes halogenated alkanes) is 1. The Labute approximate surface area is 123 Å². The molecule has 0 atom stereocenters. The third-order valence-electron chi connectivity index (χ3n) is 3.09. The van der Waals surface area contributed by atoms with Crippen LogP contribution in [-0.4, -0.2) is 27.3 Å². The third kappa shape index (κ3) is 6.39. The summed E-state index contributed by atoms with van der Waals surface area (Å²) in [6.45, 7) is 7.90. The molecule has 0 saturated carbocycles. The molecule has 1 rings (SSSR count). The second-order valence-corrected chi connectivity index (χ2v) is 7.04. The molecule has 1 aromatic rings. The Balaban J connectivity index is 2.41. The van der Waals surface area contributed by atoms with E-state index in [1.54, 1.807) is 0 Å². The maximum atomic E-state index is 12.0. The van der Waals surface area contributed by atoms with Crippen molar-refractivity contribution in [1.82, 2.24) is 5.32 Å². The molecule has 1 aromatic carbocycles. The van der Waals surface area contributed by atoms with Gasteiger partial charge in [0.05, 0.1) is 11.4 Å². The van der Waals surface area contributed by atoms with Gasteiger partial charge in [-0.25, -0.2) is 8.42 Å². The van der Waals surface area contributed by atoms with E-state index in [1.807, 2.05) is 32.0 Å². The Hall–Kier alpha value is -1.07. The minimum atomic E-state index is -3.24. The van der Waals surface area contributed by atoms with Crippen LogP contribution in [0.1, 0.15) is 37.3 Å². The molecule has 0 bridgehead atoms. The minimum absolute atomic E-state index is 0.175. The van der Waals surface area contributed by atoms with Crippen molar-refractivity contribution in [3.05, 3.63) is 29.3 Å². The summed E-state index contributed by atoms with van der Waals surface area (Å²) in [5, 5.41) is 3.27. The molecule has 0 saturated heterocycles. The average molecular weight is 298 g/mol. The first-order chi connectivity index (χ1) is 9.44. The minimum Gasteiger partial charge on any atom is -0.317 e. The lowest BCUT2D eigenvalue weighted by atomic mass is 10.1. The highest BCUT2D eigenvalue weighted by Crippen LogP contribution is 2.17. The van der Waals surface area contributed by atoms with Gasteiger partial charge in [0, 0.05) is 0 Å². The Bertz CT molecular complexity index is 513. The van der Waals surface area contributed by atoms with E-state index in [2.05, 4.69) is 17.0 Å². The molecule has 0 aliphatic rings. The van der Waals surface area contributed by atoms with E-state index < -0.39 is 10.0 Å². The zero-order valence-electron chi connectivity index (χ0n) is 12.7. The Kier molecular flexibility index (Phi) is 7.02. The van der Waals surface area contributed by atoms with E-state index in [0.717, 1.165) is 37.1 Å². The smallest absolute Gasteiger partial charge is 0.232 e. The Morgan fingerprint density at radius 1 is 1.10 bits per heavy atom. The molecule has 2 N–H and O–H groups in total. The van der Waals surface area contributed by atoms with Crippen molar-refractivity contribution in [3.8, 4) is 0 Å². The lowest BCUT2D eigenvalue weighted by molar-refractivity contribution is 0.590. The van der Waals surface area contributed by atoms with Gasteiger partial charge in [-0.05, 0) is 57.8 Å². The Morgan fingerprint density at radius 2 is 1.85 bits per heavy atom. The molecular formula is C15H26N2O2S. The maximum absolute atomic E-state index is 12.0. The number of benzene rings is 1. The highest BCUT2D eigenvalue weighted by atomic mass is 32.2. The lowest BCUT2D eigenvalue weighted by Gasteiger charge is -2.11. The van der Waals surface area contributed by atoms with Crippen LogP contribution in [0.15, 0.2) is 18.2 Å². The second kappa shape index (κ2) is 8.27. The van der Waals surface area contributed by atoms with Gasteiger partial charge in [0.15, 0.2) is 0 Å². The molecule has 0 radical (unpaired) electrons. The molecule has 0 amide bonds. The van der Waals surface area contributed by atoms with Crippen molar-refractivity contribution >= 4 is 15.7 Å². The quantitative estimate of drug-likeness (QED) is 0.689. The van der Waals surface area contributed by atoms with Crippen LogP contribution in [0.25, 0.3) is 0 Å². The molecule has 20 heavy (non-hydrogen) atoms. The molecule has 0 aromatic heterocycles. The zero-order chi connectivity index (χ0) is 15.0.